The molecule has 0 spiro atoms. The average molecular weight is 531 g/mol. The van der Waals surface area contributed by atoms with Crippen molar-refractivity contribution in [2.75, 3.05) is 52.9 Å². The molecule has 0 bridgehead atoms. The molecule has 0 unspecified atom stereocenters. The molecule has 4 aromatic heterocycles. The van der Waals surface area contributed by atoms with Crippen molar-refractivity contribution in [3.05, 3.63) is 120 Å². The molecule has 39 heavy (non-hydrogen) atoms. The van der Waals surface area contributed by atoms with Gasteiger partial charge >= 0.3 is 0 Å². The van der Waals surface area contributed by atoms with Gasteiger partial charge < -0.3 is 23.7 Å². The van der Waals surface area contributed by atoms with E-state index in [1.54, 1.807) is 24.8 Å². The summed E-state index contributed by atoms with van der Waals surface area (Å²) in [5.41, 5.74) is 3.26. The summed E-state index contributed by atoms with van der Waals surface area (Å²) in [6, 6.07) is 23.0. The van der Waals surface area contributed by atoms with Crippen molar-refractivity contribution in [2.45, 2.75) is 12.2 Å². The van der Waals surface area contributed by atoms with E-state index in [1.807, 2.05) is 72.8 Å². The first-order valence-electron chi connectivity index (χ1n) is 13.0. The minimum Gasteiger partial charge on any atom is -0.377 e. The van der Waals surface area contributed by atoms with Crippen LogP contribution in [0, 0.1) is 0 Å². The van der Waals surface area contributed by atoms with E-state index in [2.05, 4.69) is 19.9 Å². The van der Waals surface area contributed by atoms with Gasteiger partial charge in [0.05, 0.1) is 75.6 Å². The maximum absolute atomic E-state index is 6.04. The highest BCUT2D eigenvalue weighted by atomic mass is 16.6. The van der Waals surface area contributed by atoms with Crippen molar-refractivity contribution in [2.24, 2.45) is 0 Å². The topological polar surface area (TPSA) is 97.7 Å². The molecule has 0 radical (unpaired) electrons. The molecule has 0 amide bonds. The van der Waals surface area contributed by atoms with E-state index in [1.165, 1.54) is 0 Å². The SMILES string of the molecule is c1ccc(C(OCCOCCOCCOCCOC(c2ccccn2)c2ccccn2)c2ccccn2)nc1. The first-order chi connectivity index (χ1) is 19.4. The Balaban J connectivity index is 1.04. The van der Waals surface area contributed by atoms with Gasteiger partial charge in [0.1, 0.15) is 12.2 Å². The summed E-state index contributed by atoms with van der Waals surface area (Å²) in [6.07, 6.45) is 6.33. The zero-order chi connectivity index (χ0) is 26.8. The number of pyridine rings is 4. The maximum Gasteiger partial charge on any atom is 0.141 e. The second-order valence-electron chi connectivity index (χ2n) is 8.36. The van der Waals surface area contributed by atoms with Gasteiger partial charge in [-0.15, -0.1) is 0 Å². The molecular formula is C30H34N4O5. The summed E-state index contributed by atoms with van der Waals surface area (Å²) in [6.45, 7) is 3.62. The molecule has 4 heterocycles. The summed E-state index contributed by atoms with van der Waals surface area (Å²) in [7, 11) is 0. The lowest BCUT2D eigenvalue weighted by molar-refractivity contribution is -0.0233. The van der Waals surface area contributed by atoms with E-state index in [4.69, 9.17) is 23.7 Å². The van der Waals surface area contributed by atoms with E-state index in [0.717, 1.165) is 22.8 Å². The van der Waals surface area contributed by atoms with Crippen LogP contribution >= 0.6 is 0 Å². The van der Waals surface area contributed by atoms with Crippen molar-refractivity contribution in [1.82, 2.24) is 19.9 Å². The highest BCUT2D eigenvalue weighted by Gasteiger charge is 2.18. The molecule has 0 aromatic carbocycles. The summed E-state index contributed by atoms with van der Waals surface area (Å²) >= 11 is 0. The van der Waals surface area contributed by atoms with Crippen LogP contribution in [0.5, 0.6) is 0 Å². The van der Waals surface area contributed by atoms with Crippen molar-refractivity contribution in [3.63, 3.8) is 0 Å². The Bertz CT molecular complexity index is 985. The van der Waals surface area contributed by atoms with Crippen LogP contribution in [0.2, 0.25) is 0 Å². The largest absolute Gasteiger partial charge is 0.377 e. The first-order valence-corrected chi connectivity index (χ1v) is 13.0. The molecule has 0 aliphatic carbocycles. The Morgan fingerprint density at radius 3 is 0.923 bits per heavy atom. The van der Waals surface area contributed by atoms with Gasteiger partial charge in [0.2, 0.25) is 0 Å². The quantitative estimate of drug-likeness (QED) is 0.175. The van der Waals surface area contributed by atoms with Crippen molar-refractivity contribution < 1.29 is 23.7 Å². The van der Waals surface area contributed by atoms with Crippen LogP contribution in [-0.4, -0.2) is 72.8 Å². The van der Waals surface area contributed by atoms with Crippen LogP contribution < -0.4 is 0 Å². The van der Waals surface area contributed by atoms with E-state index < -0.39 is 0 Å². The van der Waals surface area contributed by atoms with E-state index in [0.29, 0.717) is 52.9 Å². The van der Waals surface area contributed by atoms with Gasteiger partial charge in [-0.1, -0.05) is 24.3 Å². The minimum absolute atomic E-state index is 0.337. The molecule has 0 saturated carbocycles. The Hall–Kier alpha value is -3.60. The highest BCUT2D eigenvalue weighted by Crippen LogP contribution is 2.23. The third-order valence-electron chi connectivity index (χ3n) is 5.59. The molecule has 4 aromatic rings. The van der Waals surface area contributed by atoms with E-state index >= 15 is 0 Å². The monoisotopic (exact) mass is 530 g/mol. The average Bonchev–Trinajstić information content (AvgIpc) is 3.01. The summed E-state index contributed by atoms with van der Waals surface area (Å²) in [5.74, 6) is 0. The lowest BCUT2D eigenvalue weighted by atomic mass is 10.1. The zero-order valence-electron chi connectivity index (χ0n) is 21.9. The highest BCUT2D eigenvalue weighted by molar-refractivity contribution is 5.20. The Morgan fingerprint density at radius 2 is 0.667 bits per heavy atom. The molecule has 204 valence electrons. The Labute approximate surface area is 229 Å². The lowest BCUT2D eigenvalue weighted by Gasteiger charge is -2.17. The number of hydrogen-bond donors (Lipinski definition) is 0. The fourth-order valence-electron chi connectivity index (χ4n) is 3.76. The molecule has 4 rings (SSSR count). The molecule has 0 aliphatic heterocycles. The fraction of sp³-hybridized carbons (Fsp3) is 0.333. The normalized spacial score (nSPS) is 11.3. The molecule has 9 nitrogen and oxygen atoms in total. The number of ether oxygens (including phenoxy) is 5. The molecule has 9 heteroatoms. The summed E-state index contributed by atoms with van der Waals surface area (Å²) in [5, 5.41) is 0. The van der Waals surface area contributed by atoms with Gasteiger partial charge in [-0.2, -0.15) is 0 Å². The van der Waals surface area contributed by atoms with Crippen LogP contribution in [0.4, 0.5) is 0 Å². The van der Waals surface area contributed by atoms with Gasteiger partial charge in [-0.05, 0) is 48.5 Å². The lowest BCUT2D eigenvalue weighted by Crippen LogP contribution is -2.16. The smallest absolute Gasteiger partial charge is 0.141 e. The summed E-state index contributed by atoms with van der Waals surface area (Å²) in [4.78, 5) is 17.7. The Kier molecular flexibility index (Phi) is 12.4. The van der Waals surface area contributed by atoms with Gasteiger partial charge in [0, 0.05) is 24.8 Å². The van der Waals surface area contributed by atoms with Gasteiger partial charge in [0.15, 0.2) is 0 Å². The third kappa shape index (κ3) is 9.90. The van der Waals surface area contributed by atoms with Gasteiger partial charge in [-0.25, -0.2) is 0 Å². The molecular weight excluding hydrogens is 496 g/mol. The number of aromatic nitrogens is 4. The van der Waals surface area contributed by atoms with Crippen molar-refractivity contribution in [1.29, 1.82) is 0 Å². The number of rotatable bonds is 18. The van der Waals surface area contributed by atoms with E-state index in [-0.39, 0.29) is 12.2 Å². The van der Waals surface area contributed by atoms with Crippen molar-refractivity contribution in [3.8, 4) is 0 Å². The van der Waals surface area contributed by atoms with Crippen LogP contribution in [0.25, 0.3) is 0 Å². The minimum atomic E-state index is -0.337. The first kappa shape index (κ1) is 28.4. The molecule has 0 aliphatic rings. The molecule has 0 atom stereocenters. The molecule has 0 saturated heterocycles. The zero-order valence-corrected chi connectivity index (χ0v) is 21.9. The van der Waals surface area contributed by atoms with E-state index in [9.17, 15) is 0 Å². The standard InChI is InChI=1S/C30H34N4O5/c1-5-13-31-25(9-1)29(26-10-2-6-14-32-26)38-23-21-36-19-17-35-18-20-37-22-24-39-30(27-11-3-7-15-33-27)28-12-4-8-16-34-28/h1-16,29-30H,17-24H2. The maximum atomic E-state index is 6.04. The predicted octanol–water partition coefficient (Wildman–Crippen LogP) is 4.23. The number of nitrogens with zero attached hydrogens (tertiary/aromatic N) is 4. The van der Waals surface area contributed by atoms with Crippen LogP contribution in [0.3, 0.4) is 0 Å². The van der Waals surface area contributed by atoms with Crippen LogP contribution in [-0.2, 0) is 23.7 Å². The fourth-order valence-corrected chi connectivity index (χ4v) is 3.76. The van der Waals surface area contributed by atoms with Crippen LogP contribution in [0.15, 0.2) is 97.6 Å². The molecule has 0 N–H and O–H groups in total. The predicted molar refractivity (Wildman–Crippen MR) is 145 cm³/mol. The second kappa shape index (κ2) is 17.1. The Morgan fingerprint density at radius 1 is 0.385 bits per heavy atom. The van der Waals surface area contributed by atoms with Crippen molar-refractivity contribution >= 4 is 0 Å². The second-order valence-corrected chi connectivity index (χ2v) is 8.36. The van der Waals surface area contributed by atoms with Crippen LogP contribution in [0.1, 0.15) is 35.0 Å². The molecule has 0 fully saturated rings. The van der Waals surface area contributed by atoms with Gasteiger partial charge in [-0.3, -0.25) is 19.9 Å². The summed E-state index contributed by atoms with van der Waals surface area (Å²) < 4.78 is 29.0. The number of hydrogen-bond acceptors (Lipinski definition) is 9. The van der Waals surface area contributed by atoms with Gasteiger partial charge in [0.25, 0.3) is 0 Å². The third-order valence-corrected chi connectivity index (χ3v) is 5.59.